The maximum Gasteiger partial charge on any atom is 0.142 e. The van der Waals surface area contributed by atoms with Gasteiger partial charge in [0.05, 0.1) is 23.0 Å². The zero-order valence-corrected chi connectivity index (χ0v) is 16.6. The Kier molecular flexibility index (Phi) is 4.81. The maximum atomic E-state index is 6.49. The van der Waals surface area contributed by atoms with Crippen LogP contribution < -0.4 is 0 Å². The lowest BCUT2D eigenvalue weighted by molar-refractivity contribution is 0.471. The fraction of sp³-hybridized carbons (Fsp3) is 0.136. The smallest absolute Gasteiger partial charge is 0.142 e. The summed E-state index contributed by atoms with van der Waals surface area (Å²) in [6, 6.07) is 19.7. The fourth-order valence-electron chi connectivity index (χ4n) is 3.29. The molecule has 0 atom stereocenters. The third-order valence-corrected chi connectivity index (χ3v) is 5.02. The van der Waals surface area contributed by atoms with Crippen molar-refractivity contribution in [2.75, 3.05) is 0 Å². The second-order valence-corrected chi connectivity index (χ2v) is 7.30. The van der Waals surface area contributed by atoms with Crippen LogP contribution in [0.5, 0.6) is 0 Å². The standard InChI is InChI=1S/C22H18Cl2N2O/c1-14-8-10-18(27-14)13-26-21(16-6-4-3-5-7-16)15(2)25-22(26)19-11-9-17(23)12-20(19)24/h3-12H,13H2,1-2H3. The van der Waals surface area contributed by atoms with Crippen LogP contribution in [0.15, 0.2) is 65.1 Å². The summed E-state index contributed by atoms with van der Waals surface area (Å²) in [5, 5.41) is 1.17. The molecule has 2 heterocycles. The Labute approximate surface area is 168 Å². The first-order valence-electron chi connectivity index (χ1n) is 8.66. The molecule has 0 unspecified atom stereocenters. The highest BCUT2D eigenvalue weighted by Crippen LogP contribution is 2.35. The van der Waals surface area contributed by atoms with Crippen molar-refractivity contribution in [1.82, 2.24) is 9.55 Å². The Bertz CT molecular complexity index is 1100. The van der Waals surface area contributed by atoms with Gasteiger partial charge in [-0.1, -0.05) is 53.5 Å². The molecule has 27 heavy (non-hydrogen) atoms. The molecule has 3 nitrogen and oxygen atoms in total. The first kappa shape index (κ1) is 17.9. The zero-order valence-electron chi connectivity index (χ0n) is 15.0. The number of aryl methyl sites for hydroxylation is 2. The first-order valence-corrected chi connectivity index (χ1v) is 9.42. The molecule has 0 spiro atoms. The van der Waals surface area contributed by atoms with Gasteiger partial charge in [0, 0.05) is 16.1 Å². The lowest BCUT2D eigenvalue weighted by atomic mass is 10.1. The van der Waals surface area contributed by atoms with Gasteiger partial charge in [-0.25, -0.2) is 4.98 Å². The molecular formula is C22H18Cl2N2O. The average Bonchev–Trinajstić information content (AvgIpc) is 3.19. The number of hydrogen-bond donors (Lipinski definition) is 0. The Morgan fingerprint density at radius 1 is 0.963 bits per heavy atom. The van der Waals surface area contributed by atoms with Crippen LogP contribution in [0.1, 0.15) is 17.2 Å². The molecule has 2 aromatic carbocycles. The fourth-order valence-corrected chi connectivity index (χ4v) is 3.78. The Balaban J connectivity index is 1.93. The van der Waals surface area contributed by atoms with Crippen LogP contribution in [-0.2, 0) is 6.54 Å². The number of nitrogens with zero attached hydrogens (tertiary/aromatic N) is 2. The van der Waals surface area contributed by atoms with Gasteiger partial charge in [0.25, 0.3) is 0 Å². The van der Waals surface area contributed by atoms with E-state index in [1.54, 1.807) is 6.07 Å². The van der Waals surface area contributed by atoms with E-state index in [-0.39, 0.29) is 0 Å². The van der Waals surface area contributed by atoms with E-state index in [2.05, 4.69) is 16.7 Å². The molecular weight excluding hydrogens is 379 g/mol. The summed E-state index contributed by atoms with van der Waals surface area (Å²) in [4.78, 5) is 4.84. The predicted molar refractivity (Wildman–Crippen MR) is 110 cm³/mol. The number of imidazole rings is 1. The van der Waals surface area contributed by atoms with Crippen molar-refractivity contribution in [3.05, 3.63) is 87.9 Å². The summed E-state index contributed by atoms with van der Waals surface area (Å²) < 4.78 is 7.98. The van der Waals surface area contributed by atoms with E-state index in [0.717, 1.165) is 39.9 Å². The molecule has 5 heteroatoms. The van der Waals surface area contributed by atoms with E-state index in [4.69, 9.17) is 32.6 Å². The van der Waals surface area contributed by atoms with Gasteiger partial charge >= 0.3 is 0 Å². The normalized spacial score (nSPS) is 11.1. The number of halogens is 2. The van der Waals surface area contributed by atoms with Crippen molar-refractivity contribution in [3.8, 4) is 22.6 Å². The van der Waals surface area contributed by atoms with Gasteiger partial charge in [0.2, 0.25) is 0 Å². The van der Waals surface area contributed by atoms with Crippen LogP contribution >= 0.6 is 23.2 Å². The van der Waals surface area contributed by atoms with E-state index in [0.29, 0.717) is 16.6 Å². The van der Waals surface area contributed by atoms with E-state index in [1.165, 1.54) is 0 Å². The quantitative estimate of drug-likeness (QED) is 0.380. The maximum absolute atomic E-state index is 6.49. The number of hydrogen-bond acceptors (Lipinski definition) is 2. The SMILES string of the molecule is Cc1ccc(Cn2c(-c3ccc(Cl)cc3Cl)nc(C)c2-c2ccccc2)o1. The second kappa shape index (κ2) is 7.26. The van der Waals surface area contributed by atoms with Crippen molar-refractivity contribution in [2.45, 2.75) is 20.4 Å². The van der Waals surface area contributed by atoms with Crippen LogP contribution in [0.2, 0.25) is 10.0 Å². The first-order chi connectivity index (χ1) is 13.0. The number of rotatable bonds is 4. The van der Waals surface area contributed by atoms with Crippen LogP contribution in [0, 0.1) is 13.8 Å². The number of aromatic nitrogens is 2. The minimum Gasteiger partial charge on any atom is -0.464 e. The lowest BCUT2D eigenvalue weighted by Crippen LogP contribution is -2.04. The van der Waals surface area contributed by atoms with Gasteiger partial charge < -0.3 is 8.98 Å². The summed E-state index contributed by atoms with van der Waals surface area (Å²) in [6.45, 7) is 4.52. The largest absolute Gasteiger partial charge is 0.464 e. The number of furan rings is 1. The molecule has 0 aliphatic heterocycles. The highest BCUT2D eigenvalue weighted by atomic mass is 35.5. The van der Waals surface area contributed by atoms with E-state index in [9.17, 15) is 0 Å². The van der Waals surface area contributed by atoms with E-state index in [1.807, 2.05) is 56.3 Å². The van der Waals surface area contributed by atoms with Crippen LogP contribution in [0.3, 0.4) is 0 Å². The molecule has 0 N–H and O–H groups in total. The van der Waals surface area contributed by atoms with Gasteiger partial charge in [-0.2, -0.15) is 0 Å². The molecule has 0 radical (unpaired) electrons. The predicted octanol–water partition coefficient (Wildman–Crippen LogP) is 6.78. The summed E-state index contributed by atoms with van der Waals surface area (Å²) in [5.74, 6) is 2.55. The summed E-state index contributed by atoms with van der Waals surface area (Å²) in [6.07, 6.45) is 0. The minimum absolute atomic E-state index is 0.563. The molecule has 136 valence electrons. The molecule has 0 bridgehead atoms. The summed E-state index contributed by atoms with van der Waals surface area (Å²) in [5.41, 5.74) is 3.92. The van der Waals surface area contributed by atoms with Gasteiger partial charge in [-0.3, -0.25) is 0 Å². The molecule has 0 saturated heterocycles. The van der Waals surface area contributed by atoms with Crippen molar-refractivity contribution < 1.29 is 4.42 Å². The van der Waals surface area contributed by atoms with Crippen LogP contribution in [-0.4, -0.2) is 9.55 Å². The van der Waals surface area contributed by atoms with Gasteiger partial charge in [-0.05, 0) is 44.2 Å². The van der Waals surface area contributed by atoms with Crippen LogP contribution in [0.25, 0.3) is 22.6 Å². The molecule has 4 aromatic rings. The van der Waals surface area contributed by atoms with Crippen molar-refractivity contribution in [1.29, 1.82) is 0 Å². The van der Waals surface area contributed by atoms with Crippen molar-refractivity contribution in [3.63, 3.8) is 0 Å². The molecule has 0 fully saturated rings. The lowest BCUT2D eigenvalue weighted by Gasteiger charge is -2.13. The van der Waals surface area contributed by atoms with E-state index >= 15 is 0 Å². The van der Waals surface area contributed by atoms with Gasteiger partial charge in [-0.15, -0.1) is 0 Å². The third-order valence-electron chi connectivity index (χ3n) is 4.47. The molecule has 0 aliphatic carbocycles. The minimum atomic E-state index is 0.563. The zero-order chi connectivity index (χ0) is 19.0. The highest BCUT2D eigenvalue weighted by molar-refractivity contribution is 6.36. The van der Waals surface area contributed by atoms with Crippen molar-refractivity contribution in [2.24, 2.45) is 0 Å². The molecule has 4 rings (SSSR count). The Morgan fingerprint density at radius 2 is 1.74 bits per heavy atom. The molecule has 0 amide bonds. The summed E-state index contributed by atoms with van der Waals surface area (Å²) >= 11 is 12.6. The van der Waals surface area contributed by atoms with Crippen LogP contribution in [0.4, 0.5) is 0 Å². The third kappa shape index (κ3) is 3.53. The molecule has 0 saturated carbocycles. The Hall–Kier alpha value is -2.49. The second-order valence-electron chi connectivity index (χ2n) is 6.46. The van der Waals surface area contributed by atoms with Gasteiger partial charge in [0.15, 0.2) is 0 Å². The Morgan fingerprint density at radius 3 is 2.41 bits per heavy atom. The molecule has 0 aliphatic rings. The number of benzene rings is 2. The molecule has 2 aromatic heterocycles. The van der Waals surface area contributed by atoms with Gasteiger partial charge in [0.1, 0.15) is 17.3 Å². The summed E-state index contributed by atoms with van der Waals surface area (Å²) in [7, 11) is 0. The highest BCUT2D eigenvalue weighted by Gasteiger charge is 2.20. The average molecular weight is 397 g/mol. The monoisotopic (exact) mass is 396 g/mol. The topological polar surface area (TPSA) is 31.0 Å². The van der Waals surface area contributed by atoms with Crippen molar-refractivity contribution >= 4 is 23.2 Å². The van der Waals surface area contributed by atoms with E-state index < -0.39 is 0 Å².